The van der Waals surface area contributed by atoms with Crippen LogP contribution in [-0.2, 0) is 0 Å². The van der Waals surface area contributed by atoms with E-state index in [1.165, 1.54) is 52.2 Å². The summed E-state index contributed by atoms with van der Waals surface area (Å²) in [5.41, 5.74) is 12.0. The van der Waals surface area contributed by atoms with Crippen molar-refractivity contribution in [3.05, 3.63) is 235 Å². The van der Waals surface area contributed by atoms with Gasteiger partial charge in [-0.15, -0.1) is 34.0 Å². The van der Waals surface area contributed by atoms with Gasteiger partial charge in [-0.05, 0) is 52.6 Å². The largest absolute Gasteiger partial charge is 0.316 e. The van der Waals surface area contributed by atoms with E-state index in [1.807, 2.05) is 18.2 Å². The van der Waals surface area contributed by atoms with E-state index >= 15 is 0 Å². The van der Waals surface area contributed by atoms with Crippen LogP contribution in [0.25, 0.3) is 154 Å². The molecule has 11 aromatic carbocycles. The monoisotopic (exact) mass is 1000 g/mol. The van der Waals surface area contributed by atoms with Gasteiger partial charge in [0.05, 0.1) is 59.7 Å². The lowest BCUT2D eigenvalue weighted by atomic mass is 9.88. The Balaban J connectivity index is 1.18. The molecule has 7 heteroatoms. The third-order valence-electron chi connectivity index (χ3n) is 15.4. The topological polar surface area (TPSA) is 38.0 Å². The second-order valence-corrected chi connectivity index (χ2v) is 22.4. The number of nitriles is 1. The molecule has 5 aromatic heterocycles. The van der Waals surface area contributed by atoms with Crippen LogP contribution < -0.4 is 0 Å². The zero-order chi connectivity index (χ0) is 49.5. The predicted octanol–water partition coefficient (Wildman–Crippen LogP) is 20.4. The second-order valence-electron chi connectivity index (χ2n) is 19.2. The summed E-state index contributed by atoms with van der Waals surface area (Å²) in [4.78, 5) is 4.69. The summed E-state index contributed by atoms with van der Waals surface area (Å²) in [6.07, 6.45) is 0. The third kappa shape index (κ3) is 5.89. The van der Waals surface area contributed by atoms with E-state index in [-0.39, 0.29) is 0 Å². The van der Waals surface area contributed by atoms with E-state index < -0.39 is 0 Å². The van der Waals surface area contributed by atoms with Crippen LogP contribution >= 0.6 is 34.0 Å². The quantitative estimate of drug-likeness (QED) is 0.158. The van der Waals surface area contributed by atoms with Gasteiger partial charge in [-0.1, -0.05) is 188 Å². The van der Waals surface area contributed by atoms with Crippen molar-refractivity contribution in [2.45, 2.75) is 0 Å². The molecule has 75 heavy (non-hydrogen) atoms. The average molecular weight is 1010 g/mol. The molecule has 0 unspecified atom stereocenters. The van der Waals surface area contributed by atoms with E-state index in [4.69, 9.17) is 4.85 Å². The van der Waals surface area contributed by atoms with E-state index in [2.05, 4.69) is 215 Å². The number of fused-ring (bicyclic) bond motifs is 18. The number of aromatic nitrogens is 2. The molecular formula is C68H36N4S3. The van der Waals surface area contributed by atoms with Crippen molar-refractivity contribution in [3.63, 3.8) is 0 Å². The van der Waals surface area contributed by atoms with Gasteiger partial charge in [-0.2, -0.15) is 5.26 Å². The summed E-state index contributed by atoms with van der Waals surface area (Å²) in [5, 5.41) is 23.7. The molecule has 5 heterocycles. The maximum atomic E-state index is 12.2. The Morgan fingerprint density at radius 3 is 1.36 bits per heavy atom. The normalized spacial score (nSPS) is 12.0. The fourth-order valence-corrected chi connectivity index (χ4v) is 15.9. The smallest absolute Gasteiger partial charge is 0.220 e. The lowest BCUT2D eigenvalue weighted by Crippen LogP contribution is -2.09. The first-order valence-electron chi connectivity index (χ1n) is 24.9. The lowest BCUT2D eigenvalue weighted by Gasteiger charge is -2.26. The van der Waals surface area contributed by atoms with Crippen LogP contribution in [0.15, 0.2) is 218 Å². The van der Waals surface area contributed by atoms with Crippen LogP contribution in [0.4, 0.5) is 5.69 Å². The number of rotatable bonds is 5. The minimum Gasteiger partial charge on any atom is -0.316 e. The summed E-state index contributed by atoms with van der Waals surface area (Å²) in [5.74, 6) is 0. The van der Waals surface area contributed by atoms with Crippen molar-refractivity contribution in [1.82, 2.24) is 9.13 Å². The van der Waals surface area contributed by atoms with Crippen LogP contribution in [0, 0.1) is 17.9 Å². The molecule has 0 radical (unpaired) electrons. The van der Waals surface area contributed by atoms with E-state index in [9.17, 15) is 11.8 Å². The Hall–Kier alpha value is -9.34. The fourth-order valence-electron chi connectivity index (χ4n) is 12.2. The van der Waals surface area contributed by atoms with Gasteiger partial charge in [-0.3, -0.25) is 0 Å². The van der Waals surface area contributed by atoms with Crippen molar-refractivity contribution in [2.75, 3.05) is 0 Å². The Morgan fingerprint density at radius 2 is 0.800 bits per heavy atom. The van der Waals surface area contributed by atoms with Crippen molar-refractivity contribution < 1.29 is 0 Å². The standard InChI is InChI=1S/C68H36N4S3/c1-70-60-58(40-19-7-3-8-20-40)53(38-69)61(71-54-26-14-11-23-43(54)46-30-35-51-52-37-42(39-17-5-2-6-18-39)29-36-57(52)75-68(51)62(46)71)59(41-21-9-4-10-22-41)65(60)72-63-47(31-33-49-44-24-12-15-27-55(44)73-66(49)63)48-32-34-50-45-25-13-16-28-56(45)74-67(50)64(48)72/h2-37H. The fraction of sp³-hybridized carbons (Fsp3) is 0. The number of para-hydroxylation sites is 1. The van der Waals surface area contributed by atoms with Crippen LogP contribution in [0.1, 0.15) is 5.56 Å². The molecule has 0 fully saturated rings. The molecule has 346 valence electrons. The third-order valence-corrected chi connectivity index (χ3v) is 19.0. The van der Waals surface area contributed by atoms with Crippen molar-refractivity contribution in [1.29, 1.82) is 5.26 Å². The van der Waals surface area contributed by atoms with Gasteiger partial charge in [0.25, 0.3) is 0 Å². The molecule has 16 aromatic rings. The molecule has 0 bridgehead atoms. The Bertz CT molecular complexity index is 5070. The van der Waals surface area contributed by atoms with Gasteiger partial charge in [-0.25, -0.2) is 4.85 Å². The maximum absolute atomic E-state index is 12.2. The molecule has 4 nitrogen and oxygen atoms in total. The van der Waals surface area contributed by atoms with Crippen LogP contribution in [0.3, 0.4) is 0 Å². The Morgan fingerprint density at radius 1 is 0.360 bits per heavy atom. The highest BCUT2D eigenvalue weighted by atomic mass is 32.1. The van der Waals surface area contributed by atoms with E-state index in [0.29, 0.717) is 16.8 Å². The SMILES string of the molecule is [C-]#[N+]c1c(-c2ccccc2)c(C#N)c(-n2c3ccccc3c3ccc4c5cc(-c6ccccc6)ccc5sc4c32)c(-c2ccccc2)c1-n1c2c(ccc3c4ccccc4sc32)c2ccc3c4ccccc4sc3c21. The molecule has 0 spiro atoms. The summed E-state index contributed by atoms with van der Waals surface area (Å²) in [7, 11) is 0. The predicted molar refractivity (Wildman–Crippen MR) is 321 cm³/mol. The van der Waals surface area contributed by atoms with Crippen LogP contribution in [-0.4, -0.2) is 9.13 Å². The van der Waals surface area contributed by atoms with Crippen molar-refractivity contribution in [3.8, 4) is 50.8 Å². The van der Waals surface area contributed by atoms with E-state index in [0.717, 1.165) is 91.2 Å². The number of benzene rings is 11. The van der Waals surface area contributed by atoms with Crippen LogP contribution in [0.2, 0.25) is 0 Å². The number of thiophene rings is 3. The first-order chi connectivity index (χ1) is 37.2. The second kappa shape index (κ2) is 16.1. The molecule has 0 aliphatic carbocycles. The highest BCUT2D eigenvalue weighted by molar-refractivity contribution is 7.27. The zero-order valence-electron chi connectivity index (χ0n) is 39.8. The van der Waals surface area contributed by atoms with Gasteiger partial charge in [0, 0.05) is 79.1 Å². The molecule has 0 amide bonds. The van der Waals surface area contributed by atoms with Gasteiger partial charge in [0.2, 0.25) is 5.69 Å². The first kappa shape index (κ1) is 42.2. The Labute approximate surface area is 441 Å². The van der Waals surface area contributed by atoms with Gasteiger partial charge >= 0.3 is 0 Å². The highest BCUT2D eigenvalue weighted by Crippen LogP contribution is 2.56. The van der Waals surface area contributed by atoms with Crippen molar-refractivity contribution >= 4 is 144 Å². The molecule has 16 rings (SSSR count). The first-order valence-corrected chi connectivity index (χ1v) is 27.4. The molecule has 0 saturated carbocycles. The summed E-state index contributed by atoms with van der Waals surface area (Å²) < 4.78 is 11.9. The Kier molecular flexibility index (Phi) is 9.05. The number of nitrogens with zero attached hydrogens (tertiary/aromatic N) is 4. The molecule has 0 aliphatic heterocycles. The van der Waals surface area contributed by atoms with Crippen molar-refractivity contribution in [2.24, 2.45) is 0 Å². The van der Waals surface area contributed by atoms with E-state index in [1.54, 1.807) is 34.0 Å². The molecule has 0 saturated heterocycles. The molecule has 0 aliphatic rings. The summed E-state index contributed by atoms with van der Waals surface area (Å²) in [6, 6.07) is 80.7. The molecular weight excluding hydrogens is 969 g/mol. The molecule has 0 atom stereocenters. The highest BCUT2D eigenvalue weighted by Gasteiger charge is 2.33. The summed E-state index contributed by atoms with van der Waals surface area (Å²) in [6.45, 7) is 9.58. The van der Waals surface area contributed by atoms with Gasteiger partial charge < -0.3 is 9.13 Å². The minimum atomic E-state index is 0.427. The lowest BCUT2D eigenvalue weighted by molar-refractivity contribution is 1.14. The van der Waals surface area contributed by atoms with Crippen LogP contribution in [0.5, 0.6) is 0 Å². The zero-order valence-corrected chi connectivity index (χ0v) is 42.2. The van der Waals surface area contributed by atoms with Gasteiger partial charge in [0.1, 0.15) is 6.07 Å². The van der Waals surface area contributed by atoms with Gasteiger partial charge in [0.15, 0.2) is 0 Å². The average Bonchev–Trinajstić information content (AvgIpc) is 4.43. The molecule has 0 N–H and O–H groups in total. The minimum absolute atomic E-state index is 0.427. The number of hydrogen-bond acceptors (Lipinski definition) is 4. The number of hydrogen-bond donors (Lipinski definition) is 0. The maximum Gasteiger partial charge on any atom is 0.220 e. The summed E-state index contributed by atoms with van der Waals surface area (Å²) >= 11 is 5.41.